The number of ether oxygens (including phenoxy) is 1. The number of benzene rings is 2. The van der Waals surface area contributed by atoms with Crippen molar-refractivity contribution in [2.24, 2.45) is 0 Å². The smallest absolute Gasteiger partial charge is 0.336 e. The van der Waals surface area contributed by atoms with Crippen LogP contribution in [0.15, 0.2) is 41.3 Å². The van der Waals surface area contributed by atoms with E-state index in [2.05, 4.69) is 12.6 Å². The van der Waals surface area contributed by atoms with Crippen molar-refractivity contribution in [3.8, 4) is 16.9 Å². The van der Waals surface area contributed by atoms with E-state index in [0.717, 1.165) is 5.56 Å². The van der Waals surface area contributed by atoms with Crippen molar-refractivity contribution < 1.29 is 14.6 Å². The van der Waals surface area contributed by atoms with Crippen molar-refractivity contribution in [2.45, 2.75) is 4.90 Å². The number of hydrogen-bond donors (Lipinski definition) is 3. The third kappa shape index (κ3) is 2.66. The molecule has 0 heterocycles. The highest BCUT2D eigenvalue weighted by molar-refractivity contribution is 7.80. The molecule has 0 amide bonds. The van der Waals surface area contributed by atoms with Crippen LogP contribution in [0, 0.1) is 0 Å². The number of carboxylic acid groups (broad SMARTS) is 1. The molecule has 0 spiro atoms. The van der Waals surface area contributed by atoms with Gasteiger partial charge in [-0.2, -0.15) is 0 Å². The number of rotatable bonds is 3. The molecule has 0 aromatic heterocycles. The molecule has 0 radical (unpaired) electrons. The van der Waals surface area contributed by atoms with Gasteiger partial charge in [0.2, 0.25) is 0 Å². The summed E-state index contributed by atoms with van der Waals surface area (Å²) in [6.45, 7) is 0. The third-order valence-corrected chi connectivity index (χ3v) is 3.19. The van der Waals surface area contributed by atoms with Gasteiger partial charge in [0.25, 0.3) is 0 Å². The van der Waals surface area contributed by atoms with Crippen molar-refractivity contribution in [1.82, 2.24) is 0 Å². The van der Waals surface area contributed by atoms with Crippen molar-refractivity contribution in [3.05, 3.63) is 42.0 Å². The maximum Gasteiger partial charge on any atom is 0.336 e. The lowest BCUT2D eigenvalue weighted by Gasteiger charge is -2.10. The molecule has 2 rings (SSSR count). The molecule has 0 atom stereocenters. The summed E-state index contributed by atoms with van der Waals surface area (Å²) in [5, 5.41) is 9.10. The van der Waals surface area contributed by atoms with E-state index < -0.39 is 5.97 Å². The summed E-state index contributed by atoms with van der Waals surface area (Å²) < 4.78 is 5.15. The lowest BCUT2D eigenvalue weighted by atomic mass is 10.0. The predicted molar refractivity (Wildman–Crippen MR) is 77.1 cm³/mol. The van der Waals surface area contributed by atoms with E-state index in [0.29, 0.717) is 21.9 Å². The van der Waals surface area contributed by atoms with Crippen molar-refractivity contribution >= 4 is 24.3 Å². The van der Waals surface area contributed by atoms with Crippen molar-refractivity contribution in [3.63, 3.8) is 0 Å². The quantitative estimate of drug-likeness (QED) is 0.595. The minimum atomic E-state index is -1.02. The van der Waals surface area contributed by atoms with Gasteiger partial charge in [-0.1, -0.05) is 6.07 Å². The van der Waals surface area contributed by atoms with E-state index in [1.165, 1.54) is 0 Å². The summed E-state index contributed by atoms with van der Waals surface area (Å²) in [5.74, 6) is -0.357. The van der Waals surface area contributed by atoms with Crippen LogP contribution in [0.5, 0.6) is 5.75 Å². The van der Waals surface area contributed by atoms with Gasteiger partial charge in [0.1, 0.15) is 5.75 Å². The van der Waals surface area contributed by atoms with Gasteiger partial charge in [-0.3, -0.25) is 0 Å². The van der Waals surface area contributed by atoms with Gasteiger partial charge >= 0.3 is 5.97 Å². The van der Waals surface area contributed by atoms with Gasteiger partial charge < -0.3 is 15.6 Å². The van der Waals surface area contributed by atoms with E-state index in [9.17, 15) is 4.79 Å². The number of methoxy groups -OCH3 is 1. The van der Waals surface area contributed by atoms with E-state index in [4.69, 9.17) is 15.6 Å². The molecule has 98 valence electrons. The number of nitrogens with two attached hydrogens (primary N) is 1. The first kappa shape index (κ1) is 13.3. The predicted octanol–water partition coefficient (Wildman–Crippen LogP) is 2.93. The lowest BCUT2D eigenvalue weighted by molar-refractivity contribution is 0.0693. The molecule has 0 aliphatic carbocycles. The number of carboxylic acids is 1. The van der Waals surface area contributed by atoms with Gasteiger partial charge in [0, 0.05) is 16.1 Å². The highest BCUT2D eigenvalue weighted by Crippen LogP contribution is 2.31. The number of aromatic carboxylic acids is 1. The zero-order valence-electron chi connectivity index (χ0n) is 10.3. The Kier molecular flexibility index (Phi) is 3.66. The van der Waals surface area contributed by atoms with Crippen LogP contribution < -0.4 is 10.5 Å². The summed E-state index contributed by atoms with van der Waals surface area (Å²) in [7, 11) is 1.56. The van der Waals surface area contributed by atoms with Crippen molar-refractivity contribution in [2.75, 3.05) is 12.8 Å². The van der Waals surface area contributed by atoms with Crippen LogP contribution in [0.1, 0.15) is 10.4 Å². The monoisotopic (exact) mass is 275 g/mol. The molecule has 19 heavy (non-hydrogen) atoms. The van der Waals surface area contributed by atoms with Gasteiger partial charge in [-0.05, 0) is 35.9 Å². The van der Waals surface area contributed by atoms with Gasteiger partial charge in [-0.25, -0.2) is 4.79 Å². The topological polar surface area (TPSA) is 72.5 Å². The standard InChI is InChI=1S/C14H13NO3S/c1-18-9-3-4-12(15)10(7-9)8-2-5-13(19)11(6-8)14(16)17/h2-7,19H,15H2,1H3,(H,16,17). The minimum Gasteiger partial charge on any atom is -0.497 e. The summed E-state index contributed by atoms with van der Waals surface area (Å²) in [6.07, 6.45) is 0. The molecule has 3 N–H and O–H groups in total. The zero-order chi connectivity index (χ0) is 14.0. The van der Waals surface area contributed by atoms with E-state index in [1.54, 1.807) is 43.5 Å². The third-order valence-electron chi connectivity index (χ3n) is 2.80. The first-order chi connectivity index (χ1) is 9.02. The number of hydrogen-bond acceptors (Lipinski definition) is 4. The Hall–Kier alpha value is -2.14. The molecule has 0 saturated carbocycles. The SMILES string of the molecule is COc1ccc(N)c(-c2ccc(S)c(C(=O)O)c2)c1. The first-order valence-corrected chi connectivity index (χ1v) is 5.98. The fourth-order valence-corrected chi connectivity index (χ4v) is 2.02. The van der Waals surface area contributed by atoms with Crippen LogP contribution in [0.3, 0.4) is 0 Å². The summed E-state index contributed by atoms with van der Waals surface area (Å²) in [4.78, 5) is 11.5. The summed E-state index contributed by atoms with van der Waals surface area (Å²) in [5.41, 5.74) is 8.07. The fraction of sp³-hybridized carbons (Fsp3) is 0.0714. The molecule has 0 bridgehead atoms. The van der Waals surface area contributed by atoms with Crippen LogP contribution in [0.25, 0.3) is 11.1 Å². The molecule has 2 aromatic rings. The maximum absolute atomic E-state index is 11.1. The second-order valence-electron chi connectivity index (χ2n) is 3.99. The largest absolute Gasteiger partial charge is 0.497 e. The molecule has 5 heteroatoms. The molecule has 0 aliphatic rings. The number of nitrogen functional groups attached to an aromatic ring is 1. The highest BCUT2D eigenvalue weighted by atomic mass is 32.1. The zero-order valence-corrected chi connectivity index (χ0v) is 11.1. The van der Waals surface area contributed by atoms with Gasteiger partial charge in [0.05, 0.1) is 12.7 Å². The molecule has 2 aromatic carbocycles. The molecule has 4 nitrogen and oxygen atoms in total. The average Bonchev–Trinajstić information content (AvgIpc) is 2.40. The summed E-state index contributed by atoms with van der Waals surface area (Å²) in [6, 6.07) is 10.2. The van der Waals surface area contributed by atoms with Crippen molar-refractivity contribution in [1.29, 1.82) is 0 Å². The summed E-state index contributed by atoms with van der Waals surface area (Å²) >= 11 is 4.12. The normalized spacial score (nSPS) is 10.2. The van der Waals surface area contributed by atoms with Crippen LogP contribution in [0.2, 0.25) is 0 Å². The van der Waals surface area contributed by atoms with Gasteiger partial charge in [-0.15, -0.1) is 12.6 Å². The Morgan fingerprint density at radius 2 is 2.00 bits per heavy atom. The number of thiol groups is 1. The Morgan fingerprint density at radius 3 is 2.63 bits per heavy atom. The molecule has 0 unspecified atom stereocenters. The van der Waals surface area contributed by atoms with Crippen LogP contribution in [-0.2, 0) is 0 Å². The Morgan fingerprint density at radius 1 is 1.26 bits per heavy atom. The minimum absolute atomic E-state index is 0.142. The molecular formula is C14H13NO3S. The van der Waals surface area contributed by atoms with E-state index >= 15 is 0 Å². The number of carbonyl (C=O) groups is 1. The molecule has 0 saturated heterocycles. The van der Waals surface area contributed by atoms with Crippen LogP contribution in [0.4, 0.5) is 5.69 Å². The van der Waals surface area contributed by atoms with Crippen LogP contribution >= 0.6 is 12.6 Å². The second kappa shape index (κ2) is 5.24. The highest BCUT2D eigenvalue weighted by Gasteiger charge is 2.11. The lowest BCUT2D eigenvalue weighted by Crippen LogP contribution is -1.99. The second-order valence-corrected chi connectivity index (χ2v) is 4.47. The average molecular weight is 275 g/mol. The first-order valence-electron chi connectivity index (χ1n) is 5.53. The van der Waals surface area contributed by atoms with Crippen LogP contribution in [-0.4, -0.2) is 18.2 Å². The fourth-order valence-electron chi connectivity index (χ4n) is 1.79. The van der Waals surface area contributed by atoms with Gasteiger partial charge in [0.15, 0.2) is 0 Å². The maximum atomic E-state index is 11.1. The molecule has 0 fully saturated rings. The van der Waals surface area contributed by atoms with E-state index in [-0.39, 0.29) is 5.56 Å². The molecular weight excluding hydrogens is 262 g/mol. The van der Waals surface area contributed by atoms with E-state index in [1.807, 2.05) is 0 Å². The number of anilines is 1. The Bertz CT molecular complexity index is 641. The Balaban J connectivity index is 2.59. The molecule has 0 aliphatic heterocycles. The Labute approximate surface area is 116 Å².